The molecular weight excluding hydrogens is 386 g/mol. The normalized spacial score (nSPS) is 17.5. The predicted octanol–water partition coefficient (Wildman–Crippen LogP) is 1.80. The first-order valence-corrected chi connectivity index (χ1v) is 10.2. The molecule has 0 saturated carbocycles. The van der Waals surface area contributed by atoms with E-state index in [2.05, 4.69) is 17.1 Å². The van der Waals surface area contributed by atoms with Gasteiger partial charge in [-0.1, -0.05) is 6.92 Å². The zero-order valence-corrected chi connectivity index (χ0v) is 17.7. The lowest BCUT2D eigenvalue weighted by Crippen LogP contribution is -2.33. The van der Waals surface area contributed by atoms with Gasteiger partial charge in [0.1, 0.15) is 5.70 Å². The Balaban J connectivity index is 1.91. The molecule has 1 amide bonds. The van der Waals surface area contributed by atoms with E-state index < -0.39 is 11.9 Å². The number of hydrogen-bond donors (Lipinski definition) is 2. The first-order chi connectivity index (χ1) is 14.3. The van der Waals surface area contributed by atoms with E-state index >= 15 is 0 Å². The minimum absolute atomic E-state index is 0.0495. The average molecular weight is 415 g/mol. The second-order valence-corrected chi connectivity index (χ2v) is 7.88. The number of nitrogens with one attached hydrogen (secondary N) is 1. The number of ether oxygens (including phenoxy) is 1. The fourth-order valence-electron chi connectivity index (χ4n) is 3.88. The van der Waals surface area contributed by atoms with Crippen LogP contribution in [0.3, 0.4) is 0 Å². The van der Waals surface area contributed by atoms with Crippen LogP contribution in [0.4, 0.5) is 11.4 Å². The SMILES string of the molecule is COC(=O)C1=C(Nc2ccc(N3CCC(C)CC3)cc2C(C)=O)C(=O)N(CCO)C1. The van der Waals surface area contributed by atoms with Crippen molar-refractivity contribution in [1.82, 2.24) is 4.90 Å². The molecular formula is C22H29N3O5. The summed E-state index contributed by atoms with van der Waals surface area (Å²) in [6.45, 7) is 5.55. The van der Waals surface area contributed by atoms with Crippen LogP contribution in [0, 0.1) is 5.92 Å². The van der Waals surface area contributed by atoms with Gasteiger partial charge in [-0.15, -0.1) is 0 Å². The highest BCUT2D eigenvalue weighted by molar-refractivity contribution is 6.10. The van der Waals surface area contributed by atoms with Crippen molar-refractivity contribution in [2.24, 2.45) is 5.92 Å². The van der Waals surface area contributed by atoms with Gasteiger partial charge in [-0.2, -0.15) is 0 Å². The Morgan fingerprint density at radius 1 is 1.27 bits per heavy atom. The number of ketones is 1. The molecule has 0 radical (unpaired) electrons. The third kappa shape index (κ3) is 4.48. The van der Waals surface area contributed by atoms with E-state index in [1.807, 2.05) is 12.1 Å². The summed E-state index contributed by atoms with van der Waals surface area (Å²) in [7, 11) is 1.25. The number of aliphatic hydroxyl groups is 1. The summed E-state index contributed by atoms with van der Waals surface area (Å²) in [5.74, 6) is -0.459. The molecule has 2 heterocycles. The van der Waals surface area contributed by atoms with Crippen LogP contribution in [0.15, 0.2) is 29.5 Å². The molecule has 3 rings (SSSR count). The van der Waals surface area contributed by atoms with Crippen LogP contribution in [0.1, 0.15) is 37.0 Å². The summed E-state index contributed by atoms with van der Waals surface area (Å²) in [4.78, 5) is 40.9. The number of esters is 1. The Kier molecular flexibility index (Phi) is 6.77. The molecule has 1 aromatic carbocycles. The van der Waals surface area contributed by atoms with Crippen molar-refractivity contribution in [2.45, 2.75) is 26.7 Å². The summed E-state index contributed by atoms with van der Waals surface area (Å²) >= 11 is 0. The minimum Gasteiger partial charge on any atom is -0.466 e. The fourth-order valence-corrected chi connectivity index (χ4v) is 3.88. The molecule has 1 saturated heterocycles. The molecule has 162 valence electrons. The van der Waals surface area contributed by atoms with Gasteiger partial charge in [0.05, 0.1) is 25.8 Å². The van der Waals surface area contributed by atoms with Crippen molar-refractivity contribution >= 4 is 29.0 Å². The van der Waals surface area contributed by atoms with Gasteiger partial charge in [-0.3, -0.25) is 9.59 Å². The highest BCUT2D eigenvalue weighted by atomic mass is 16.5. The number of β-amino-alcohol motifs (C(OH)–C–C–N with tert-alkyl or cyclic N) is 1. The van der Waals surface area contributed by atoms with Crippen LogP contribution in [-0.4, -0.2) is 67.6 Å². The van der Waals surface area contributed by atoms with Gasteiger partial charge in [-0.05, 0) is 43.9 Å². The fraction of sp³-hybridized carbons (Fsp3) is 0.500. The molecule has 0 bridgehead atoms. The Morgan fingerprint density at radius 2 is 1.97 bits per heavy atom. The van der Waals surface area contributed by atoms with E-state index in [1.165, 1.54) is 18.9 Å². The molecule has 8 heteroatoms. The number of benzene rings is 1. The van der Waals surface area contributed by atoms with Crippen molar-refractivity contribution in [3.63, 3.8) is 0 Å². The van der Waals surface area contributed by atoms with Crippen LogP contribution in [0.25, 0.3) is 0 Å². The van der Waals surface area contributed by atoms with Crippen LogP contribution >= 0.6 is 0 Å². The van der Waals surface area contributed by atoms with E-state index in [1.54, 1.807) is 6.07 Å². The summed E-state index contributed by atoms with van der Waals surface area (Å²) in [6.07, 6.45) is 2.22. The van der Waals surface area contributed by atoms with Gasteiger partial charge in [-0.25, -0.2) is 4.79 Å². The Bertz CT molecular complexity index is 872. The third-order valence-electron chi connectivity index (χ3n) is 5.74. The van der Waals surface area contributed by atoms with E-state index in [0.717, 1.165) is 31.6 Å². The number of piperidine rings is 1. The average Bonchev–Trinajstić information content (AvgIpc) is 3.04. The third-order valence-corrected chi connectivity index (χ3v) is 5.74. The predicted molar refractivity (Wildman–Crippen MR) is 113 cm³/mol. The molecule has 2 aliphatic heterocycles. The molecule has 2 aliphatic rings. The van der Waals surface area contributed by atoms with Crippen LogP contribution in [0.5, 0.6) is 0 Å². The van der Waals surface area contributed by atoms with Crippen LogP contribution in [-0.2, 0) is 14.3 Å². The minimum atomic E-state index is -0.616. The lowest BCUT2D eigenvalue weighted by atomic mass is 9.98. The van der Waals surface area contributed by atoms with Gasteiger partial charge in [0.2, 0.25) is 0 Å². The Labute approximate surface area is 176 Å². The molecule has 0 aliphatic carbocycles. The lowest BCUT2D eigenvalue weighted by Gasteiger charge is -2.32. The molecule has 30 heavy (non-hydrogen) atoms. The standard InChI is InChI=1S/C22H29N3O5/c1-14-6-8-24(9-7-14)16-4-5-19(17(12-16)15(2)27)23-20-18(22(29)30-3)13-25(10-11-26)21(20)28/h4-5,12,14,23,26H,6-11,13H2,1-3H3. The molecule has 0 unspecified atom stereocenters. The zero-order chi connectivity index (χ0) is 21.8. The quantitative estimate of drug-likeness (QED) is 0.517. The monoisotopic (exact) mass is 415 g/mol. The molecule has 0 spiro atoms. The van der Waals surface area contributed by atoms with Crippen molar-refractivity contribution < 1.29 is 24.2 Å². The summed E-state index contributed by atoms with van der Waals surface area (Å²) in [6, 6.07) is 5.53. The Morgan fingerprint density at radius 3 is 2.57 bits per heavy atom. The van der Waals surface area contributed by atoms with E-state index in [9.17, 15) is 19.5 Å². The van der Waals surface area contributed by atoms with Crippen molar-refractivity contribution in [1.29, 1.82) is 0 Å². The van der Waals surface area contributed by atoms with Gasteiger partial charge < -0.3 is 25.0 Å². The zero-order valence-electron chi connectivity index (χ0n) is 17.7. The number of nitrogens with zero attached hydrogens (tertiary/aromatic N) is 2. The number of amides is 1. The highest BCUT2D eigenvalue weighted by Gasteiger charge is 2.35. The van der Waals surface area contributed by atoms with E-state index in [-0.39, 0.29) is 36.7 Å². The lowest BCUT2D eigenvalue weighted by molar-refractivity contribution is -0.136. The number of carbonyl (C=O) groups excluding carboxylic acids is 3. The summed E-state index contributed by atoms with van der Waals surface area (Å²) in [5.41, 5.74) is 2.15. The summed E-state index contributed by atoms with van der Waals surface area (Å²) < 4.78 is 4.81. The number of aliphatic hydroxyl groups excluding tert-OH is 1. The number of rotatable bonds is 7. The van der Waals surface area contributed by atoms with Gasteiger partial charge in [0, 0.05) is 36.6 Å². The topological polar surface area (TPSA) is 99.2 Å². The van der Waals surface area contributed by atoms with Crippen molar-refractivity contribution in [3.05, 3.63) is 35.0 Å². The van der Waals surface area contributed by atoms with Crippen molar-refractivity contribution in [2.75, 3.05) is 50.1 Å². The largest absolute Gasteiger partial charge is 0.466 e. The molecule has 1 aromatic rings. The molecule has 2 N–H and O–H groups in total. The number of Topliss-reactive ketones (excluding diaryl/α,β-unsaturated/α-hetero) is 1. The van der Waals surface area contributed by atoms with Gasteiger partial charge in [0.25, 0.3) is 5.91 Å². The number of anilines is 2. The van der Waals surface area contributed by atoms with Gasteiger partial charge >= 0.3 is 5.97 Å². The Hall–Kier alpha value is -2.87. The van der Waals surface area contributed by atoms with Crippen molar-refractivity contribution in [3.8, 4) is 0 Å². The second kappa shape index (κ2) is 9.30. The maximum absolute atomic E-state index is 12.8. The molecule has 1 fully saturated rings. The van der Waals surface area contributed by atoms with Crippen LogP contribution < -0.4 is 10.2 Å². The van der Waals surface area contributed by atoms with E-state index in [0.29, 0.717) is 17.2 Å². The molecule has 0 atom stereocenters. The first-order valence-electron chi connectivity index (χ1n) is 10.2. The number of methoxy groups -OCH3 is 1. The summed E-state index contributed by atoms with van der Waals surface area (Å²) in [5, 5.41) is 12.2. The second-order valence-electron chi connectivity index (χ2n) is 7.88. The number of carbonyl (C=O) groups is 3. The maximum atomic E-state index is 12.8. The first kappa shape index (κ1) is 21.8. The van der Waals surface area contributed by atoms with Crippen LogP contribution in [0.2, 0.25) is 0 Å². The maximum Gasteiger partial charge on any atom is 0.337 e. The van der Waals surface area contributed by atoms with Gasteiger partial charge in [0.15, 0.2) is 5.78 Å². The molecule has 0 aromatic heterocycles. The number of hydrogen-bond acceptors (Lipinski definition) is 7. The van der Waals surface area contributed by atoms with E-state index in [4.69, 9.17) is 4.74 Å². The molecule has 8 nitrogen and oxygen atoms in total. The smallest absolute Gasteiger partial charge is 0.337 e. The highest BCUT2D eigenvalue weighted by Crippen LogP contribution is 2.30.